The van der Waals surface area contributed by atoms with Gasteiger partial charge in [0.1, 0.15) is 17.5 Å². The fourth-order valence-electron chi connectivity index (χ4n) is 1.89. The summed E-state index contributed by atoms with van der Waals surface area (Å²) in [5, 5.41) is 2.84. The van der Waals surface area contributed by atoms with Crippen molar-refractivity contribution in [3.63, 3.8) is 0 Å². The minimum absolute atomic E-state index is 0.193. The second-order valence-electron chi connectivity index (χ2n) is 4.45. The summed E-state index contributed by atoms with van der Waals surface area (Å²) in [6.07, 6.45) is 3.37. The highest BCUT2D eigenvalue weighted by Gasteiger charge is 2.18. The number of anilines is 1. The Balaban J connectivity index is 2.12. The van der Waals surface area contributed by atoms with E-state index in [2.05, 4.69) is 10.3 Å². The lowest BCUT2D eigenvalue weighted by atomic mass is 10.3. The van der Waals surface area contributed by atoms with Gasteiger partial charge in [0, 0.05) is 12.7 Å². The van der Waals surface area contributed by atoms with Crippen molar-refractivity contribution in [3.05, 3.63) is 35.8 Å². The van der Waals surface area contributed by atoms with E-state index in [0.29, 0.717) is 23.8 Å². The van der Waals surface area contributed by atoms with Gasteiger partial charge in [0.05, 0.1) is 11.9 Å². The summed E-state index contributed by atoms with van der Waals surface area (Å²) in [6.45, 7) is 6.28. The lowest BCUT2D eigenvalue weighted by molar-refractivity contribution is 0.0924. The number of oxazole rings is 1. The fraction of sp³-hybridized carbons (Fsp3) is 0.385. The lowest BCUT2D eigenvalue weighted by Gasteiger charge is -2.11. The van der Waals surface area contributed by atoms with E-state index < -0.39 is 0 Å². The standard InChI is InChI=1S/C13H18N4O2/c1-4-17-7-10(14)5-11(17)12(18)16-9(3)13-15-6-8(2)19-13/h5-7,9H,4,14H2,1-3H3,(H,16,18). The average Bonchev–Trinajstić information content (AvgIpc) is 2.95. The fourth-order valence-corrected chi connectivity index (χ4v) is 1.89. The van der Waals surface area contributed by atoms with Crippen LogP contribution in [0.3, 0.4) is 0 Å². The molecule has 102 valence electrons. The Labute approximate surface area is 111 Å². The molecule has 2 aromatic rings. The highest BCUT2D eigenvalue weighted by atomic mass is 16.4. The van der Waals surface area contributed by atoms with Crippen LogP contribution in [-0.4, -0.2) is 15.5 Å². The molecule has 3 N–H and O–H groups in total. The summed E-state index contributed by atoms with van der Waals surface area (Å²) < 4.78 is 7.19. The van der Waals surface area contributed by atoms with Crippen molar-refractivity contribution in [3.8, 4) is 0 Å². The molecule has 0 aromatic carbocycles. The van der Waals surface area contributed by atoms with Crippen LogP contribution in [-0.2, 0) is 6.54 Å². The van der Waals surface area contributed by atoms with Crippen molar-refractivity contribution in [1.29, 1.82) is 0 Å². The van der Waals surface area contributed by atoms with E-state index in [1.54, 1.807) is 23.0 Å². The van der Waals surface area contributed by atoms with Crippen molar-refractivity contribution >= 4 is 11.6 Å². The van der Waals surface area contributed by atoms with Crippen molar-refractivity contribution in [2.45, 2.75) is 33.4 Å². The highest BCUT2D eigenvalue weighted by molar-refractivity contribution is 5.94. The number of hydrogen-bond donors (Lipinski definition) is 2. The number of nitrogens with two attached hydrogens (primary N) is 1. The molecule has 2 heterocycles. The van der Waals surface area contributed by atoms with E-state index in [1.807, 2.05) is 20.8 Å². The first-order valence-corrected chi connectivity index (χ1v) is 6.20. The number of aryl methyl sites for hydroxylation is 2. The molecule has 2 rings (SSSR count). The van der Waals surface area contributed by atoms with E-state index in [9.17, 15) is 4.79 Å². The van der Waals surface area contributed by atoms with Gasteiger partial charge in [-0.2, -0.15) is 0 Å². The first-order valence-electron chi connectivity index (χ1n) is 6.20. The zero-order chi connectivity index (χ0) is 14.0. The largest absolute Gasteiger partial charge is 0.444 e. The second-order valence-corrected chi connectivity index (χ2v) is 4.45. The Morgan fingerprint density at radius 1 is 1.63 bits per heavy atom. The van der Waals surface area contributed by atoms with Gasteiger partial charge < -0.3 is 20.0 Å². The number of carbonyl (C=O) groups is 1. The summed E-state index contributed by atoms with van der Waals surface area (Å²) in [4.78, 5) is 16.3. The molecule has 6 heteroatoms. The molecular weight excluding hydrogens is 244 g/mol. The average molecular weight is 262 g/mol. The number of hydrogen-bond acceptors (Lipinski definition) is 4. The third-order valence-electron chi connectivity index (χ3n) is 2.85. The zero-order valence-electron chi connectivity index (χ0n) is 11.3. The molecule has 0 bridgehead atoms. The molecule has 2 aromatic heterocycles. The van der Waals surface area contributed by atoms with Crippen LogP contribution < -0.4 is 11.1 Å². The molecule has 1 atom stereocenters. The minimum Gasteiger partial charge on any atom is -0.444 e. The molecule has 0 fully saturated rings. The topological polar surface area (TPSA) is 86.1 Å². The molecule has 0 saturated heterocycles. The zero-order valence-corrected chi connectivity index (χ0v) is 11.3. The smallest absolute Gasteiger partial charge is 0.268 e. The first-order chi connectivity index (χ1) is 9.01. The molecule has 0 spiro atoms. The van der Waals surface area contributed by atoms with Gasteiger partial charge in [-0.3, -0.25) is 4.79 Å². The Kier molecular flexibility index (Phi) is 3.59. The highest BCUT2D eigenvalue weighted by Crippen LogP contribution is 2.15. The van der Waals surface area contributed by atoms with Crippen LogP contribution in [0, 0.1) is 6.92 Å². The van der Waals surface area contributed by atoms with Crippen LogP contribution in [0.4, 0.5) is 5.69 Å². The first kappa shape index (κ1) is 13.2. The maximum Gasteiger partial charge on any atom is 0.268 e. The van der Waals surface area contributed by atoms with Gasteiger partial charge in [0.25, 0.3) is 5.91 Å². The molecule has 0 radical (unpaired) electrons. The van der Waals surface area contributed by atoms with Gasteiger partial charge >= 0.3 is 0 Å². The molecule has 0 aliphatic carbocycles. The van der Waals surface area contributed by atoms with Gasteiger partial charge in [0.2, 0.25) is 5.89 Å². The minimum atomic E-state index is -0.289. The third kappa shape index (κ3) is 2.78. The summed E-state index contributed by atoms with van der Waals surface area (Å²) in [6, 6.07) is 1.37. The molecule has 19 heavy (non-hydrogen) atoms. The van der Waals surface area contributed by atoms with Gasteiger partial charge in [0.15, 0.2) is 0 Å². The third-order valence-corrected chi connectivity index (χ3v) is 2.85. The summed E-state index contributed by atoms with van der Waals surface area (Å²) in [5.41, 5.74) is 6.82. The number of nitrogens with zero attached hydrogens (tertiary/aromatic N) is 2. The van der Waals surface area contributed by atoms with Crippen LogP contribution in [0.25, 0.3) is 0 Å². The van der Waals surface area contributed by atoms with E-state index in [1.165, 1.54) is 0 Å². The Morgan fingerprint density at radius 2 is 2.37 bits per heavy atom. The Hall–Kier alpha value is -2.24. The second kappa shape index (κ2) is 5.17. The van der Waals surface area contributed by atoms with E-state index >= 15 is 0 Å². The number of carbonyl (C=O) groups excluding carboxylic acids is 1. The predicted octanol–water partition coefficient (Wildman–Crippen LogP) is 1.88. The molecule has 0 aliphatic heterocycles. The predicted molar refractivity (Wildman–Crippen MR) is 71.6 cm³/mol. The molecule has 0 saturated carbocycles. The van der Waals surface area contributed by atoms with Crippen LogP contribution in [0.15, 0.2) is 22.9 Å². The van der Waals surface area contributed by atoms with Gasteiger partial charge in [-0.15, -0.1) is 0 Å². The maximum atomic E-state index is 12.2. The maximum absolute atomic E-state index is 12.2. The summed E-state index contributed by atoms with van der Waals surface area (Å²) in [7, 11) is 0. The van der Waals surface area contributed by atoms with E-state index in [0.717, 1.165) is 5.76 Å². The van der Waals surface area contributed by atoms with Gasteiger partial charge in [-0.1, -0.05) is 0 Å². The van der Waals surface area contributed by atoms with Crippen LogP contribution in [0.2, 0.25) is 0 Å². The van der Waals surface area contributed by atoms with Crippen molar-refractivity contribution in [2.75, 3.05) is 5.73 Å². The normalized spacial score (nSPS) is 12.4. The van der Waals surface area contributed by atoms with Crippen molar-refractivity contribution in [2.24, 2.45) is 0 Å². The molecular formula is C13H18N4O2. The Bertz CT molecular complexity index is 585. The molecule has 1 unspecified atom stereocenters. The van der Waals surface area contributed by atoms with Crippen LogP contribution >= 0.6 is 0 Å². The van der Waals surface area contributed by atoms with Crippen molar-refractivity contribution in [1.82, 2.24) is 14.9 Å². The number of nitrogen functional groups attached to an aromatic ring is 1. The van der Waals surface area contributed by atoms with E-state index in [-0.39, 0.29) is 11.9 Å². The van der Waals surface area contributed by atoms with Gasteiger partial charge in [-0.05, 0) is 26.8 Å². The summed E-state index contributed by atoms with van der Waals surface area (Å²) >= 11 is 0. The quantitative estimate of drug-likeness (QED) is 0.880. The van der Waals surface area contributed by atoms with E-state index in [4.69, 9.17) is 10.2 Å². The van der Waals surface area contributed by atoms with Crippen LogP contribution in [0.5, 0.6) is 0 Å². The number of nitrogens with one attached hydrogen (secondary N) is 1. The molecule has 0 aliphatic rings. The van der Waals surface area contributed by atoms with Gasteiger partial charge in [-0.25, -0.2) is 4.98 Å². The number of rotatable bonds is 4. The molecule has 6 nitrogen and oxygen atoms in total. The van der Waals surface area contributed by atoms with Crippen LogP contribution in [0.1, 0.15) is 42.0 Å². The SMILES string of the molecule is CCn1cc(N)cc1C(=O)NC(C)c1ncc(C)o1. The monoisotopic (exact) mass is 262 g/mol. The number of amides is 1. The summed E-state index contributed by atoms with van der Waals surface area (Å²) in [5.74, 6) is 1.02. The lowest BCUT2D eigenvalue weighted by Crippen LogP contribution is -2.28. The molecule has 1 amide bonds. The Morgan fingerprint density at radius 3 is 2.95 bits per heavy atom. The van der Waals surface area contributed by atoms with Crippen molar-refractivity contribution < 1.29 is 9.21 Å². The number of aromatic nitrogens is 2.